The standard InChI is InChI=1S/C13H20ClN/c1-10(15)8-13(2,3)9-11-6-4-5-7-12(11)14/h4-7,10H,8-9,15H2,1-3H3. The fraction of sp³-hybridized carbons (Fsp3) is 0.538. The molecule has 0 heterocycles. The summed E-state index contributed by atoms with van der Waals surface area (Å²) in [6, 6.07) is 8.26. The lowest BCUT2D eigenvalue weighted by Crippen LogP contribution is -2.26. The van der Waals surface area contributed by atoms with Crippen LogP contribution in [0.5, 0.6) is 0 Å². The van der Waals surface area contributed by atoms with Crippen LogP contribution in [0.4, 0.5) is 0 Å². The highest BCUT2D eigenvalue weighted by Crippen LogP contribution is 2.29. The maximum Gasteiger partial charge on any atom is 0.0438 e. The Bertz CT molecular complexity index is 318. The predicted octanol–water partition coefficient (Wildman–Crippen LogP) is 3.65. The van der Waals surface area contributed by atoms with Gasteiger partial charge in [0, 0.05) is 11.1 Å². The largest absolute Gasteiger partial charge is 0.328 e. The molecular formula is C13H20ClN. The zero-order valence-electron chi connectivity index (χ0n) is 9.76. The average molecular weight is 226 g/mol. The van der Waals surface area contributed by atoms with E-state index in [0.717, 1.165) is 17.9 Å². The third-order valence-electron chi connectivity index (χ3n) is 2.50. The Morgan fingerprint density at radius 3 is 2.47 bits per heavy atom. The first-order valence-corrected chi connectivity index (χ1v) is 5.77. The molecule has 15 heavy (non-hydrogen) atoms. The minimum atomic E-state index is 0.208. The first-order valence-electron chi connectivity index (χ1n) is 5.40. The molecule has 1 nitrogen and oxygen atoms in total. The molecule has 0 spiro atoms. The van der Waals surface area contributed by atoms with E-state index in [2.05, 4.69) is 19.9 Å². The van der Waals surface area contributed by atoms with Crippen molar-refractivity contribution in [1.29, 1.82) is 0 Å². The predicted molar refractivity (Wildman–Crippen MR) is 67.2 cm³/mol. The normalized spacial score (nSPS) is 13.9. The zero-order chi connectivity index (χ0) is 11.5. The van der Waals surface area contributed by atoms with Gasteiger partial charge in [0.2, 0.25) is 0 Å². The molecule has 1 atom stereocenters. The Labute approximate surface area is 97.6 Å². The quantitative estimate of drug-likeness (QED) is 0.832. The van der Waals surface area contributed by atoms with Crippen LogP contribution >= 0.6 is 11.6 Å². The van der Waals surface area contributed by atoms with Crippen LogP contribution in [0.3, 0.4) is 0 Å². The Kier molecular flexibility index (Phi) is 4.18. The summed E-state index contributed by atoms with van der Waals surface area (Å²) in [4.78, 5) is 0. The highest BCUT2D eigenvalue weighted by Gasteiger charge is 2.21. The van der Waals surface area contributed by atoms with Crippen LogP contribution in [-0.4, -0.2) is 6.04 Å². The molecule has 84 valence electrons. The summed E-state index contributed by atoms with van der Waals surface area (Å²) in [5.74, 6) is 0. The van der Waals surface area contributed by atoms with Crippen LogP contribution in [0.15, 0.2) is 24.3 Å². The van der Waals surface area contributed by atoms with Crippen LogP contribution in [0.2, 0.25) is 5.02 Å². The van der Waals surface area contributed by atoms with Gasteiger partial charge < -0.3 is 5.73 Å². The van der Waals surface area contributed by atoms with E-state index in [1.54, 1.807) is 0 Å². The van der Waals surface area contributed by atoms with Gasteiger partial charge in [-0.15, -0.1) is 0 Å². The highest BCUT2D eigenvalue weighted by molar-refractivity contribution is 6.31. The summed E-state index contributed by atoms with van der Waals surface area (Å²) >= 11 is 6.14. The Morgan fingerprint density at radius 1 is 1.33 bits per heavy atom. The summed E-state index contributed by atoms with van der Waals surface area (Å²) in [5, 5.41) is 0.857. The smallest absolute Gasteiger partial charge is 0.0438 e. The van der Waals surface area contributed by atoms with Crippen molar-refractivity contribution in [2.24, 2.45) is 11.1 Å². The van der Waals surface area contributed by atoms with Crippen molar-refractivity contribution in [3.63, 3.8) is 0 Å². The number of halogens is 1. The molecule has 0 fully saturated rings. The summed E-state index contributed by atoms with van der Waals surface area (Å²) < 4.78 is 0. The summed E-state index contributed by atoms with van der Waals surface area (Å²) in [5.41, 5.74) is 7.26. The lowest BCUT2D eigenvalue weighted by Gasteiger charge is -2.27. The molecular weight excluding hydrogens is 206 g/mol. The van der Waals surface area contributed by atoms with Gasteiger partial charge in [0.1, 0.15) is 0 Å². The van der Waals surface area contributed by atoms with E-state index in [4.69, 9.17) is 17.3 Å². The number of hydrogen-bond donors (Lipinski definition) is 1. The van der Waals surface area contributed by atoms with Gasteiger partial charge in [-0.1, -0.05) is 43.6 Å². The van der Waals surface area contributed by atoms with Gasteiger partial charge in [0.05, 0.1) is 0 Å². The van der Waals surface area contributed by atoms with Crippen molar-refractivity contribution in [3.8, 4) is 0 Å². The minimum absolute atomic E-state index is 0.208. The summed E-state index contributed by atoms with van der Waals surface area (Å²) in [6.45, 7) is 6.52. The topological polar surface area (TPSA) is 26.0 Å². The van der Waals surface area contributed by atoms with Crippen LogP contribution < -0.4 is 5.73 Å². The number of benzene rings is 1. The fourth-order valence-electron chi connectivity index (χ4n) is 2.10. The van der Waals surface area contributed by atoms with E-state index in [0.29, 0.717) is 0 Å². The van der Waals surface area contributed by atoms with Crippen LogP contribution in [0, 0.1) is 5.41 Å². The van der Waals surface area contributed by atoms with Crippen molar-refractivity contribution in [2.45, 2.75) is 39.7 Å². The van der Waals surface area contributed by atoms with Crippen LogP contribution in [-0.2, 0) is 6.42 Å². The van der Waals surface area contributed by atoms with E-state index < -0.39 is 0 Å². The van der Waals surface area contributed by atoms with Gasteiger partial charge in [-0.25, -0.2) is 0 Å². The number of nitrogens with two attached hydrogens (primary N) is 1. The molecule has 1 aromatic carbocycles. The second-order valence-corrected chi connectivity index (χ2v) is 5.52. The maximum atomic E-state index is 6.14. The first kappa shape index (κ1) is 12.5. The molecule has 0 radical (unpaired) electrons. The van der Waals surface area contributed by atoms with Gasteiger partial charge in [-0.05, 0) is 36.8 Å². The van der Waals surface area contributed by atoms with Gasteiger partial charge in [0.15, 0.2) is 0 Å². The number of hydrogen-bond acceptors (Lipinski definition) is 1. The molecule has 1 unspecified atom stereocenters. The van der Waals surface area contributed by atoms with Crippen molar-refractivity contribution < 1.29 is 0 Å². The lowest BCUT2D eigenvalue weighted by atomic mass is 9.80. The minimum Gasteiger partial charge on any atom is -0.328 e. The fourth-order valence-corrected chi connectivity index (χ4v) is 2.30. The summed E-state index contributed by atoms with van der Waals surface area (Å²) in [6.07, 6.45) is 1.99. The summed E-state index contributed by atoms with van der Waals surface area (Å²) in [7, 11) is 0. The molecule has 1 aromatic rings. The van der Waals surface area contributed by atoms with Crippen molar-refractivity contribution in [1.82, 2.24) is 0 Å². The second-order valence-electron chi connectivity index (χ2n) is 5.11. The third-order valence-corrected chi connectivity index (χ3v) is 2.87. The molecule has 0 amide bonds. The third kappa shape index (κ3) is 4.23. The molecule has 0 saturated heterocycles. The van der Waals surface area contributed by atoms with E-state index in [1.807, 2.05) is 25.1 Å². The molecule has 2 heteroatoms. The van der Waals surface area contributed by atoms with E-state index in [9.17, 15) is 0 Å². The zero-order valence-corrected chi connectivity index (χ0v) is 10.5. The van der Waals surface area contributed by atoms with E-state index in [1.165, 1.54) is 5.56 Å². The number of rotatable bonds is 4. The Morgan fingerprint density at radius 2 is 1.93 bits per heavy atom. The van der Waals surface area contributed by atoms with Crippen LogP contribution in [0.1, 0.15) is 32.8 Å². The second kappa shape index (κ2) is 5.00. The molecule has 1 rings (SSSR count). The molecule has 2 N–H and O–H groups in total. The van der Waals surface area contributed by atoms with Crippen molar-refractivity contribution in [2.75, 3.05) is 0 Å². The molecule has 0 aliphatic rings. The van der Waals surface area contributed by atoms with E-state index >= 15 is 0 Å². The lowest BCUT2D eigenvalue weighted by molar-refractivity contribution is 0.309. The van der Waals surface area contributed by atoms with Gasteiger partial charge in [-0.3, -0.25) is 0 Å². The van der Waals surface area contributed by atoms with Gasteiger partial charge in [0.25, 0.3) is 0 Å². The molecule has 0 bridgehead atoms. The molecule has 0 aromatic heterocycles. The SMILES string of the molecule is CC(N)CC(C)(C)Cc1ccccc1Cl. The van der Waals surface area contributed by atoms with Gasteiger partial charge >= 0.3 is 0 Å². The van der Waals surface area contributed by atoms with Crippen LogP contribution in [0.25, 0.3) is 0 Å². The average Bonchev–Trinajstić information content (AvgIpc) is 2.06. The van der Waals surface area contributed by atoms with E-state index in [-0.39, 0.29) is 11.5 Å². The van der Waals surface area contributed by atoms with Crippen molar-refractivity contribution in [3.05, 3.63) is 34.9 Å². The molecule has 0 aliphatic heterocycles. The Balaban J connectivity index is 2.73. The molecule has 0 aliphatic carbocycles. The first-order chi connectivity index (χ1) is 6.91. The molecule has 0 saturated carbocycles. The van der Waals surface area contributed by atoms with Gasteiger partial charge in [-0.2, -0.15) is 0 Å². The monoisotopic (exact) mass is 225 g/mol. The highest BCUT2D eigenvalue weighted by atomic mass is 35.5. The maximum absolute atomic E-state index is 6.14. The Hall–Kier alpha value is -0.530. The van der Waals surface area contributed by atoms with Crippen molar-refractivity contribution >= 4 is 11.6 Å².